The van der Waals surface area contributed by atoms with Crippen LogP contribution in [0.5, 0.6) is 0 Å². The van der Waals surface area contributed by atoms with E-state index < -0.39 is 17.6 Å². The van der Waals surface area contributed by atoms with Crippen molar-refractivity contribution in [3.8, 4) is 0 Å². The first-order valence-electron chi connectivity index (χ1n) is 8.77. The molecule has 1 aliphatic heterocycles. The summed E-state index contributed by atoms with van der Waals surface area (Å²) in [5.41, 5.74) is -0.620. The average molecular weight is 411 g/mol. The molecule has 1 saturated heterocycles. The van der Waals surface area contributed by atoms with Gasteiger partial charge in [0, 0.05) is 24.7 Å². The third kappa shape index (κ3) is 4.65. The standard InChI is InChI=1S/C20H18ClF3N2O2/c21-17-9-8-14(20(22,23)24)11-16(17)18(27)25-15-7-4-10-26(12-15)19(28)13-5-2-1-3-6-13/h1-3,5-6,8-9,11,15H,4,7,10,12H2,(H,25,27). The predicted octanol–water partition coefficient (Wildman–Crippen LogP) is 4.39. The molecule has 0 aliphatic carbocycles. The second kappa shape index (κ2) is 8.22. The van der Waals surface area contributed by atoms with Crippen LogP contribution >= 0.6 is 11.6 Å². The van der Waals surface area contributed by atoms with E-state index >= 15 is 0 Å². The highest BCUT2D eigenvalue weighted by Crippen LogP contribution is 2.31. The van der Waals surface area contributed by atoms with Crippen molar-refractivity contribution in [2.45, 2.75) is 25.1 Å². The normalized spacial score (nSPS) is 17.3. The van der Waals surface area contributed by atoms with E-state index in [4.69, 9.17) is 11.6 Å². The molecule has 0 spiro atoms. The van der Waals surface area contributed by atoms with E-state index in [1.165, 1.54) is 0 Å². The molecular formula is C20H18ClF3N2O2. The molecule has 2 amide bonds. The van der Waals surface area contributed by atoms with Crippen molar-refractivity contribution in [2.24, 2.45) is 0 Å². The van der Waals surface area contributed by atoms with Gasteiger partial charge in [-0.15, -0.1) is 0 Å². The lowest BCUT2D eigenvalue weighted by atomic mass is 10.0. The number of carbonyl (C=O) groups is 2. The number of carbonyl (C=O) groups excluding carboxylic acids is 2. The van der Waals surface area contributed by atoms with E-state index in [-0.39, 0.29) is 29.1 Å². The smallest absolute Gasteiger partial charge is 0.347 e. The van der Waals surface area contributed by atoms with Crippen molar-refractivity contribution in [3.05, 3.63) is 70.2 Å². The Bertz CT molecular complexity index is 871. The maximum atomic E-state index is 12.9. The predicted molar refractivity (Wildman–Crippen MR) is 99.3 cm³/mol. The minimum Gasteiger partial charge on any atom is -0.347 e. The number of rotatable bonds is 3. The number of halogens is 4. The van der Waals surface area contributed by atoms with Gasteiger partial charge in [-0.1, -0.05) is 29.8 Å². The zero-order valence-electron chi connectivity index (χ0n) is 14.8. The minimum atomic E-state index is -4.57. The van der Waals surface area contributed by atoms with Gasteiger partial charge in [-0.25, -0.2) is 0 Å². The van der Waals surface area contributed by atoms with E-state index in [1.807, 2.05) is 6.07 Å². The molecule has 0 radical (unpaired) electrons. The van der Waals surface area contributed by atoms with Crippen LogP contribution in [0.2, 0.25) is 5.02 Å². The van der Waals surface area contributed by atoms with Crippen molar-refractivity contribution < 1.29 is 22.8 Å². The van der Waals surface area contributed by atoms with Crippen LogP contribution in [0.1, 0.15) is 39.1 Å². The second-order valence-electron chi connectivity index (χ2n) is 6.62. The maximum absolute atomic E-state index is 12.9. The largest absolute Gasteiger partial charge is 0.416 e. The van der Waals surface area contributed by atoms with Crippen LogP contribution in [-0.2, 0) is 6.18 Å². The molecule has 28 heavy (non-hydrogen) atoms. The van der Waals surface area contributed by atoms with Crippen LogP contribution in [0, 0.1) is 0 Å². The first-order valence-corrected chi connectivity index (χ1v) is 9.15. The van der Waals surface area contributed by atoms with E-state index in [0.717, 1.165) is 18.2 Å². The number of alkyl halides is 3. The number of amides is 2. The van der Waals surface area contributed by atoms with Gasteiger partial charge in [0.05, 0.1) is 16.1 Å². The topological polar surface area (TPSA) is 49.4 Å². The quantitative estimate of drug-likeness (QED) is 0.815. The van der Waals surface area contributed by atoms with Crippen molar-refractivity contribution in [1.82, 2.24) is 10.2 Å². The molecule has 1 heterocycles. The van der Waals surface area contributed by atoms with Gasteiger partial charge in [0.15, 0.2) is 0 Å². The summed E-state index contributed by atoms with van der Waals surface area (Å²) in [6, 6.07) is 11.1. The summed E-state index contributed by atoms with van der Waals surface area (Å²) in [5, 5.41) is 2.65. The lowest BCUT2D eigenvalue weighted by Gasteiger charge is -2.33. The van der Waals surface area contributed by atoms with Crippen LogP contribution in [0.15, 0.2) is 48.5 Å². The van der Waals surface area contributed by atoms with E-state index in [9.17, 15) is 22.8 Å². The second-order valence-corrected chi connectivity index (χ2v) is 7.03. The lowest BCUT2D eigenvalue weighted by molar-refractivity contribution is -0.137. The Kier molecular flexibility index (Phi) is 5.93. The summed E-state index contributed by atoms with van der Waals surface area (Å²) >= 11 is 5.93. The Balaban J connectivity index is 1.70. The van der Waals surface area contributed by atoms with Crippen molar-refractivity contribution in [1.29, 1.82) is 0 Å². The average Bonchev–Trinajstić information content (AvgIpc) is 2.67. The van der Waals surface area contributed by atoms with Crippen LogP contribution in [-0.4, -0.2) is 35.8 Å². The van der Waals surface area contributed by atoms with Gasteiger partial charge in [-0.3, -0.25) is 9.59 Å². The number of likely N-dealkylation sites (tertiary alicyclic amines) is 1. The highest BCUT2D eigenvalue weighted by Gasteiger charge is 2.32. The van der Waals surface area contributed by atoms with Gasteiger partial charge >= 0.3 is 6.18 Å². The van der Waals surface area contributed by atoms with Gasteiger partial charge in [0.25, 0.3) is 11.8 Å². The van der Waals surface area contributed by atoms with E-state index in [0.29, 0.717) is 24.9 Å². The molecular weight excluding hydrogens is 393 g/mol. The monoisotopic (exact) mass is 410 g/mol. The molecule has 2 aromatic rings. The molecule has 0 bridgehead atoms. The third-order valence-electron chi connectivity index (χ3n) is 4.60. The maximum Gasteiger partial charge on any atom is 0.416 e. The fourth-order valence-electron chi connectivity index (χ4n) is 3.18. The number of nitrogens with one attached hydrogen (secondary N) is 1. The Morgan fingerprint density at radius 3 is 2.50 bits per heavy atom. The van der Waals surface area contributed by atoms with E-state index in [1.54, 1.807) is 29.2 Å². The number of benzene rings is 2. The first kappa shape index (κ1) is 20.2. The van der Waals surface area contributed by atoms with Gasteiger partial charge in [-0.05, 0) is 43.2 Å². The lowest BCUT2D eigenvalue weighted by Crippen LogP contribution is -2.49. The fraction of sp³-hybridized carbons (Fsp3) is 0.300. The zero-order valence-corrected chi connectivity index (χ0v) is 15.6. The summed E-state index contributed by atoms with van der Waals surface area (Å²) in [7, 11) is 0. The van der Waals surface area contributed by atoms with Gasteiger partial charge in [-0.2, -0.15) is 13.2 Å². The molecule has 148 valence electrons. The molecule has 4 nitrogen and oxygen atoms in total. The number of piperidine rings is 1. The van der Waals surface area contributed by atoms with Gasteiger partial charge < -0.3 is 10.2 Å². The highest BCUT2D eigenvalue weighted by atomic mass is 35.5. The third-order valence-corrected chi connectivity index (χ3v) is 4.93. The number of nitrogens with zero attached hydrogens (tertiary/aromatic N) is 1. The molecule has 1 aliphatic rings. The van der Waals surface area contributed by atoms with Crippen molar-refractivity contribution in [2.75, 3.05) is 13.1 Å². The van der Waals surface area contributed by atoms with Gasteiger partial charge in [0.2, 0.25) is 0 Å². The molecule has 1 unspecified atom stereocenters. The Morgan fingerprint density at radius 2 is 1.82 bits per heavy atom. The van der Waals surface area contributed by atoms with Crippen molar-refractivity contribution >= 4 is 23.4 Å². The summed E-state index contributed by atoms with van der Waals surface area (Å²) in [6.45, 7) is 0.848. The fourth-order valence-corrected chi connectivity index (χ4v) is 3.38. The summed E-state index contributed by atoms with van der Waals surface area (Å²) < 4.78 is 38.7. The number of hydrogen-bond donors (Lipinski definition) is 1. The van der Waals surface area contributed by atoms with Crippen LogP contribution in [0.4, 0.5) is 13.2 Å². The van der Waals surface area contributed by atoms with Crippen LogP contribution < -0.4 is 5.32 Å². The molecule has 1 fully saturated rings. The molecule has 8 heteroatoms. The summed E-state index contributed by atoms with van der Waals surface area (Å²) in [5.74, 6) is -0.827. The van der Waals surface area contributed by atoms with Crippen molar-refractivity contribution in [3.63, 3.8) is 0 Å². The molecule has 1 atom stereocenters. The van der Waals surface area contributed by atoms with Crippen LogP contribution in [0.3, 0.4) is 0 Å². The summed E-state index contributed by atoms with van der Waals surface area (Å²) in [4.78, 5) is 26.7. The van der Waals surface area contributed by atoms with Crippen LogP contribution in [0.25, 0.3) is 0 Å². The number of hydrogen-bond acceptors (Lipinski definition) is 2. The highest BCUT2D eigenvalue weighted by molar-refractivity contribution is 6.33. The summed E-state index contributed by atoms with van der Waals surface area (Å²) in [6.07, 6.45) is -3.26. The Labute approximate surface area is 165 Å². The SMILES string of the molecule is O=C(NC1CCCN(C(=O)c2ccccc2)C1)c1cc(C(F)(F)F)ccc1Cl. The molecule has 0 saturated carbocycles. The molecule has 1 N–H and O–H groups in total. The minimum absolute atomic E-state index is 0.0569. The Hall–Kier alpha value is -2.54. The molecule has 2 aromatic carbocycles. The molecule has 3 rings (SSSR count). The first-order chi connectivity index (χ1) is 13.3. The van der Waals surface area contributed by atoms with E-state index in [2.05, 4.69) is 5.32 Å². The zero-order chi connectivity index (χ0) is 20.3. The Morgan fingerprint density at radius 1 is 1.11 bits per heavy atom. The van der Waals surface area contributed by atoms with Gasteiger partial charge in [0.1, 0.15) is 0 Å². The molecule has 0 aromatic heterocycles.